The molecule has 0 aliphatic rings. The van der Waals surface area contributed by atoms with Crippen LogP contribution in [0.15, 0.2) is 12.1 Å². The summed E-state index contributed by atoms with van der Waals surface area (Å²) in [6.07, 6.45) is -3.23. The topological polar surface area (TPSA) is 17.1 Å². The zero-order chi connectivity index (χ0) is 10.9. The van der Waals surface area contributed by atoms with E-state index >= 15 is 0 Å². The molecule has 0 aliphatic heterocycles. The second kappa shape index (κ2) is 4.19. The molecule has 1 nitrogen and oxygen atoms in total. The average molecular weight is 243 g/mol. The Bertz CT molecular complexity index is 379. The van der Waals surface area contributed by atoms with Gasteiger partial charge in [0.2, 0.25) is 5.78 Å². The van der Waals surface area contributed by atoms with Crippen LogP contribution in [-0.2, 0) is 0 Å². The molecule has 6 heteroatoms. The van der Waals surface area contributed by atoms with Crippen LogP contribution in [0.5, 0.6) is 0 Å². The summed E-state index contributed by atoms with van der Waals surface area (Å²) in [5.41, 5.74) is -0.605. The highest BCUT2D eigenvalue weighted by atomic mass is 35.5. The number of halogens is 5. The molecule has 0 aliphatic carbocycles. The van der Waals surface area contributed by atoms with Crippen molar-refractivity contribution in [3.63, 3.8) is 0 Å². The van der Waals surface area contributed by atoms with E-state index in [1.807, 2.05) is 0 Å². The van der Waals surface area contributed by atoms with Gasteiger partial charge in [-0.15, -0.1) is 0 Å². The van der Waals surface area contributed by atoms with Gasteiger partial charge in [0, 0.05) is 5.56 Å². The molecular weight excluding hydrogens is 240 g/mol. The second-order valence-electron chi connectivity index (χ2n) is 2.41. The quantitative estimate of drug-likeness (QED) is 0.573. The van der Waals surface area contributed by atoms with Gasteiger partial charge in [0.25, 0.3) is 0 Å². The molecule has 0 N–H and O–H groups in total. The zero-order valence-electron chi connectivity index (χ0n) is 6.53. The van der Waals surface area contributed by atoms with Crippen molar-refractivity contribution < 1.29 is 18.0 Å². The lowest BCUT2D eigenvalue weighted by Crippen LogP contribution is -2.11. The minimum atomic E-state index is -3.23. The van der Waals surface area contributed by atoms with E-state index in [9.17, 15) is 18.0 Å². The third-order valence-electron chi connectivity index (χ3n) is 1.46. The molecule has 0 heterocycles. The first-order valence-electron chi connectivity index (χ1n) is 3.40. The maximum Gasteiger partial charge on any atom is 0.300 e. The van der Waals surface area contributed by atoms with Crippen molar-refractivity contribution in [2.24, 2.45) is 0 Å². The minimum Gasteiger partial charge on any atom is -0.288 e. The number of hydrogen-bond acceptors (Lipinski definition) is 1. The van der Waals surface area contributed by atoms with Gasteiger partial charge < -0.3 is 0 Å². The normalized spacial score (nSPS) is 10.7. The fourth-order valence-corrected chi connectivity index (χ4v) is 1.26. The Morgan fingerprint density at radius 1 is 1.29 bits per heavy atom. The molecule has 1 aromatic rings. The Hall–Kier alpha value is -0.740. The number of alkyl halides is 2. The van der Waals surface area contributed by atoms with Crippen molar-refractivity contribution in [1.29, 1.82) is 0 Å². The van der Waals surface area contributed by atoms with E-state index in [0.29, 0.717) is 6.07 Å². The molecule has 0 unspecified atom stereocenters. The first-order chi connectivity index (χ1) is 6.43. The second-order valence-corrected chi connectivity index (χ2v) is 3.20. The van der Waals surface area contributed by atoms with Gasteiger partial charge in [0.05, 0.1) is 10.0 Å². The van der Waals surface area contributed by atoms with E-state index in [4.69, 9.17) is 23.2 Å². The van der Waals surface area contributed by atoms with E-state index in [0.717, 1.165) is 6.07 Å². The lowest BCUT2D eigenvalue weighted by molar-refractivity contribution is 0.0678. The summed E-state index contributed by atoms with van der Waals surface area (Å²) < 4.78 is 36.7. The number of rotatable bonds is 2. The Balaban J connectivity index is 3.27. The van der Waals surface area contributed by atoms with Gasteiger partial charge >= 0.3 is 6.43 Å². The van der Waals surface area contributed by atoms with Gasteiger partial charge in [0.1, 0.15) is 5.82 Å². The third-order valence-corrected chi connectivity index (χ3v) is 2.26. The van der Waals surface area contributed by atoms with Crippen molar-refractivity contribution in [2.75, 3.05) is 0 Å². The van der Waals surface area contributed by atoms with Crippen LogP contribution in [0.4, 0.5) is 13.2 Å². The van der Waals surface area contributed by atoms with Gasteiger partial charge in [0.15, 0.2) is 0 Å². The average Bonchev–Trinajstić information content (AvgIpc) is 2.09. The smallest absolute Gasteiger partial charge is 0.288 e. The van der Waals surface area contributed by atoms with Crippen LogP contribution in [0.2, 0.25) is 10.0 Å². The standard InChI is InChI=1S/C8H3Cl2F3O/c9-5-2-3(11)1-4(6(5)10)7(14)8(12)13/h1-2,8H. The fourth-order valence-electron chi connectivity index (χ4n) is 0.853. The van der Waals surface area contributed by atoms with E-state index < -0.39 is 23.6 Å². The molecule has 0 bridgehead atoms. The first kappa shape index (κ1) is 11.3. The lowest BCUT2D eigenvalue weighted by atomic mass is 10.1. The Morgan fingerprint density at radius 2 is 1.86 bits per heavy atom. The maximum absolute atomic E-state index is 12.7. The maximum atomic E-state index is 12.7. The number of Topliss-reactive ketones (excluding diaryl/α,β-unsaturated/α-hetero) is 1. The van der Waals surface area contributed by atoms with Crippen LogP contribution in [0, 0.1) is 5.82 Å². The molecule has 0 amide bonds. The first-order valence-corrected chi connectivity index (χ1v) is 4.16. The van der Waals surface area contributed by atoms with Crippen LogP contribution in [0.1, 0.15) is 10.4 Å². The van der Waals surface area contributed by atoms with Gasteiger partial charge in [-0.1, -0.05) is 23.2 Å². The van der Waals surface area contributed by atoms with Crippen molar-refractivity contribution in [1.82, 2.24) is 0 Å². The van der Waals surface area contributed by atoms with Gasteiger partial charge in [-0.05, 0) is 12.1 Å². The molecule has 1 rings (SSSR count). The van der Waals surface area contributed by atoms with Crippen molar-refractivity contribution in [2.45, 2.75) is 6.43 Å². The highest BCUT2D eigenvalue weighted by Gasteiger charge is 2.22. The molecule has 0 saturated heterocycles. The SMILES string of the molecule is O=C(c1cc(F)cc(Cl)c1Cl)C(F)F. The van der Waals surface area contributed by atoms with Crippen LogP contribution >= 0.6 is 23.2 Å². The van der Waals surface area contributed by atoms with Crippen molar-refractivity contribution in [3.05, 3.63) is 33.6 Å². The predicted molar refractivity (Wildman–Crippen MR) is 46.8 cm³/mol. The molecule has 0 radical (unpaired) electrons. The van der Waals surface area contributed by atoms with Crippen molar-refractivity contribution in [3.8, 4) is 0 Å². The molecule has 0 spiro atoms. The number of carbonyl (C=O) groups excluding carboxylic acids is 1. The molecule has 1 aromatic carbocycles. The van der Waals surface area contributed by atoms with Crippen molar-refractivity contribution >= 4 is 29.0 Å². The summed E-state index contributed by atoms with van der Waals surface area (Å²) in [4.78, 5) is 10.8. The molecule has 0 fully saturated rings. The molecular formula is C8H3Cl2F3O. The largest absolute Gasteiger partial charge is 0.300 e. The minimum absolute atomic E-state index is 0.268. The molecule has 0 saturated carbocycles. The van der Waals surface area contributed by atoms with Gasteiger partial charge in [-0.25, -0.2) is 13.2 Å². The van der Waals surface area contributed by atoms with Crippen LogP contribution in [0.25, 0.3) is 0 Å². The monoisotopic (exact) mass is 242 g/mol. The molecule has 76 valence electrons. The highest BCUT2D eigenvalue weighted by Crippen LogP contribution is 2.28. The van der Waals surface area contributed by atoms with Crippen LogP contribution in [-0.4, -0.2) is 12.2 Å². The fraction of sp³-hybridized carbons (Fsp3) is 0.125. The molecule has 0 aromatic heterocycles. The summed E-state index contributed by atoms with van der Waals surface area (Å²) in [5.74, 6) is -2.43. The summed E-state index contributed by atoms with van der Waals surface area (Å²) in [7, 11) is 0. The Kier molecular flexibility index (Phi) is 3.39. The van der Waals surface area contributed by atoms with Crippen LogP contribution < -0.4 is 0 Å². The van der Waals surface area contributed by atoms with Gasteiger partial charge in [-0.3, -0.25) is 4.79 Å². The lowest BCUT2D eigenvalue weighted by Gasteiger charge is -2.04. The Morgan fingerprint density at radius 3 is 2.36 bits per heavy atom. The highest BCUT2D eigenvalue weighted by molar-refractivity contribution is 6.44. The summed E-state index contributed by atoms with van der Waals surface area (Å²) in [6.45, 7) is 0. The van der Waals surface area contributed by atoms with E-state index in [1.165, 1.54) is 0 Å². The summed E-state index contributed by atoms with van der Waals surface area (Å²) in [5, 5.41) is -0.631. The van der Waals surface area contributed by atoms with Crippen LogP contribution in [0.3, 0.4) is 0 Å². The summed E-state index contributed by atoms with van der Waals surface area (Å²) in [6, 6.07) is 1.47. The number of carbonyl (C=O) groups is 1. The van der Waals surface area contributed by atoms with E-state index in [2.05, 4.69) is 0 Å². The van der Waals surface area contributed by atoms with E-state index in [1.54, 1.807) is 0 Å². The van der Waals surface area contributed by atoms with Gasteiger partial charge in [-0.2, -0.15) is 0 Å². The van der Waals surface area contributed by atoms with E-state index in [-0.39, 0.29) is 10.0 Å². The predicted octanol–water partition coefficient (Wildman–Crippen LogP) is 3.58. The Labute approximate surface area is 87.4 Å². The summed E-state index contributed by atoms with van der Waals surface area (Å²) >= 11 is 10.9. The zero-order valence-corrected chi connectivity index (χ0v) is 8.04. The molecule has 14 heavy (non-hydrogen) atoms. The number of ketones is 1. The number of hydrogen-bond donors (Lipinski definition) is 0. The number of benzene rings is 1. The third kappa shape index (κ3) is 2.19. The molecule has 0 atom stereocenters.